The molecule has 6 heteroatoms. The van der Waals surface area contributed by atoms with Crippen molar-refractivity contribution < 1.29 is 18.3 Å². The van der Waals surface area contributed by atoms with E-state index in [-0.39, 0.29) is 23.5 Å². The number of rotatable bonds is 5. The van der Waals surface area contributed by atoms with E-state index in [1.807, 2.05) is 0 Å². The van der Waals surface area contributed by atoms with Crippen LogP contribution < -0.4 is 11.1 Å². The van der Waals surface area contributed by atoms with Gasteiger partial charge in [0.05, 0.1) is 22.5 Å². The zero-order valence-electron chi connectivity index (χ0n) is 10.9. The molecule has 0 aromatic heterocycles. The van der Waals surface area contributed by atoms with Crippen LogP contribution in [-0.2, 0) is 0 Å². The van der Waals surface area contributed by atoms with Gasteiger partial charge in [0.1, 0.15) is 5.82 Å². The van der Waals surface area contributed by atoms with Crippen LogP contribution >= 0.6 is 0 Å². The van der Waals surface area contributed by atoms with Crippen LogP contribution in [-0.4, -0.2) is 17.3 Å². The molecule has 110 valence electrons. The molecule has 0 bridgehead atoms. The molecular weight excluding hydrogens is 269 g/mol. The number of halogens is 3. The molecule has 1 aromatic rings. The Labute approximate surface area is 115 Å². The number of aliphatic hydroxyl groups is 1. The number of nitrogens with two attached hydrogens (primary N) is 1. The summed E-state index contributed by atoms with van der Waals surface area (Å²) in [6.07, 6.45) is 0.213. The predicted molar refractivity (Wildman–Crippen MR) is 73.2 cm³/mol. The van der Waals surface area contributed by atoms with E-state index in [9.17, 15) is 18.3 Å². The lowest BCUT2D eigenvalue weighted by atomic mass is 9.80. The van der Waals surface area contributed by atoms with Crippen molar-refractivity contribution >= 4 is 17.5 Å². The fraction of sp³-hybridized carbons (Fsp3) is 0.429. The number of benzene rings is 1. The summed E-state index contributed by atoms with van der Waals surface area (Å²) in [5, 5.41) is 12.6. The van der Waals surface area contributed by atoms with Gasteiger partial charge >= 0.3 is 0 Å². The largest absolute Gasteiger partial charge is 0.397 e. The first kappa shape index (κ1) is 14.7. The van der Waals surface area contributed by atoms with Crippen LogP contribution in [0, 0.1) is 5.82 Å². The van der Waals surface area contributed by atoms with Crippen LogP contribution in [0.15, 0.2) is 12.6 Å². The molecule has 1 aliphatic rings. The van der Waals surface area contributed by atoms with Crippen LogP contribution in [0.3, 0.4) is 0 Å². The summed E-state index contributed by atoms with van der Waals surface area (Å²) < 4.78 is 40.1. The minimum absolute atomic E-state index is 0.0134. The molecule has 0 saturated heterocycles. The summed E-state index contributed by atoms with van der Waals surface area (Å²) in [7, 11) is 0. The van der Waals surface area contributed by atoms with Gasteiger partial charge in [-0.1, -0.05) is 12.7 Å². The molecule has 0 heterocycles. The Morgan fingerprint density at radius 2 is 2.15 bits per heavy atom. The molecule has 0 unspecified atom stereocenters. The third kappa shape index (κ3) is 2.60. The summed E-state index contributed by atoms with van der Waals surface area (Å²) >= 11 is 0. The average molecular weight is 286 g/mol. The lowest BCUT2D eigenvalue weighted by Crippen LogP contribution is -2.43. The fourth-order valence-electron chi connectivity index (χ4n) is 2.29. The number of anilines is 2. The second-order valence-corrected chi connectivity index (χ2v) is 5.09. The zero-order valence-corrected chi connectivity index (χ0v) is 10.9. The second kappa shape index (κ2) is 5.36. The molecule has 1 saturated carbocycles. The van der Waals surface area contributed by atoms with Gasteiger partial charge in [-0.3, -0.25) is 0 Å². The highest BCUT2D eigenvalue weighted by Crippen LogP contribution is 2.38. The molecule has 0 spiro atoms. The average Bonchev–Trinajstić information content (AvgIpc) is 2.36. The van der Waals surface area contributed by atoms with Gasteiger partial charge in [-0.25, -0.2) is 13.2 Å². The Morgan fingerprint density at radius 3 is 2.60 bits per heavy atom. The van der Waals surface area contributed by atoms with Crippen molar-refractivity contribution in [2.45, 2.75) is 31.3 Å². The Morgan fingerprint density at radius 1 is 1.50 bits per heavy atom. The lowest BCUT2D eigenvalue weighted by molar-refractivity contribution is -0.0202. The summed E-state index contributed by atoms with van der Waals surface area (Å²) in [5.41, 5.74) is 3.81. The highest BCUT2D eigenvalue weighted by Gasteiger charge is 2.35. The minimum atomic E-state index is -3.00. The second-order valence-electron chi connectivity index (χ2n) is 5.09. The number of hydrogen-bond donors (Lipinski definition) is 3. The van der Waals surface area contributed by atoms with Crippen molar-refractivity contribution in [2.24, 2.45) is 0 Å². The van der Waals surface area contributed by atoms with E-state index >= 15 is 0 Å². The zero-order chi connectivity index (χ0) is 14.9. The Hall–Kier alpha value is -1.69. The van der Waals surface area contributed by atoms with Gasteiger partial charge in [-0.15, -0.1) is 0 Å². The number of alkyl halides is 2. The van der Waals surface area contributed by atoms with Crippen LogP contribution in [0.5, 0.6) is 0 Å². The first-order valence-corrected chi connectivity index (χ1v) is 6.36. The third-order valence-electron chi connectivity index (χ3n) is 3.68. The Kier molecular flexibility index (Phi) is 3.94. The molecule has 1 aliphatic carbocycles. The molecule has 20 heavy (non-hydrogen) atoms. The van der Waals surface area contributed by atoms with Gasteiger partial charge in [0.2, 0.25) is 0 Å². The van der Waals surface area contributed by atoms with Crippen LogP contribution in [0.1, 0.15) is 36.8 Å². The summed E-state index contributed by atoms with van der Waals surface area (Å²) in [4.78, 5) is 0. The van der Waals surface area contributed by atoms with E-state index in [2.05, 4.69) is 11.9 Å². The molecule has 4 N–H and O–H groups in total. The predicted octanol–water partition coefficient (Wildman–Crippen LogP) is 3.32. The molecular formula is C14H17F3N2O. The molecule has 1 fully saturated rings. The van der Waals surface area contributed by atoms with Gasteiger partial charge in [0, 0.05) is 12.1 Å². The van der Waals surface area contributed by atoms with Crippen LogP contribution in [0.4, 0.5) is 24.5 Å². The van der Waals surface area contributed by atoms with Crippen molar-refractivity contribution in [3.8, 4) is 0 Å². The van der Waals surface area contributed by atoms with Gasteiger partial charge in [0.15, 0.2) is 0 Å². The van der Waals surface area contributed by atoms with Crippen molar-refractivity contribution in [1.29, 1.82) is 0 Å². The fourth-order valence-corrected chi connectivity index (χ4v) is 2.29. The topological polar surface area (TPSA) is 58.3 Å². The van der Waals surface area contributed by atoms with E-state index in [4.69, 9.17) is 5.73 Å². The van der Waals surface area contributed by atoms with E-state index in [1.54, 1.807) is 0 Å². The third-order valence-corrected chi connectivity index (χ3v) is 3.68. The van der Waals surface area contributed by atoms with Crippen molar-refractivity contribution in [1.82, 2.24) is 0 Å². The van der Waals surface area contributed by atoms with E-state index in [0.29, 0.717) is 12.8 Å². The maximum absolute atomic E-state index is 14.0. The van der Waals surface area contributed by atoms with E-state index in [0.717, 1.165) is 12.5 Å². The number of hydrogen-bond acceptors (Lipinski definition) is 3. The van der Waals surface area contributed by atoms with Crippen LogP contribution in [0.25, 0.3) is 6.08 Å². The minimum Gasteiger partial charge on any atom is -0.397 e. The quantitative estimate of drug-likeness (QED) is 0.728. The van der Waals surface area contributed by atoms with E-state index in [1.165, 1.54) is 6.07 Å². The summed E-state index contributed by atoms with van der Waals surface area (Å²) in [6.45, 7) is 3.44. The number of nitrogen functional groups attached to an aromatic ring is 1. The molecule has 0 amide bonds. The highest BCUT2D eigenvalue weighted by atomic mass is 19.3. The first-order chi connectivity index (χ1) is 9.38. The Balaban J connectivity index is 2.35. The molecule has 2 rings (SSSR count). The van der Waals surface area contributed by atoms with Gasteiger partial charge < -0.3 is 16.2 Å². The summed E-state index contributed by atoms with van der Waals surface area (Å²) in [5.74, 6) is -1.03. The normalized spacial score (nSPS) is 16.9. The van der Waals surface area contributed by atoms with Crippen molar-refractivity contribution in [2.75, 3.05) is 17.6 Å². The van der Waals surface area contributed by atoms with Gasteiger partial charge in [-0.2, -0.15) is 0 Å². The maximum atomic E-state index is 14.0. The maximum Gasteiger partial charge on any atom is 0.268 e. The standard InChI is InChI=1S/C14H17F3N2O/c1-2-8-6-9(18)12(10(11(8)15)13(16)17)19-7-14(20)4-3-5-14/h2,6,13,19-20H,1,3-5,7,18H2. The number of nitrogens with one attached hydrogen (secondary N) is 1. The molecule has 1 aromatic carbocycles. The molecule has 0 atom stereocenters. The van der Waals surface area contributed by atoms with E-state index < -0.39 is 23.4 Å². The highest BCUT2D eigenvalue weighted by molar-refractivity contribution is 5.75. The monoisotopic (exact) mass is 286 g/mol. The molecule has 0 radical (unpaired) electrons. The van der Waals surface area contributed by atoms with Gasteiger partial charge in [-0.05, 0) is 25.3 Å². The molecule has 0 aliphatic heterocycles. The Bertz CT molecular complexity index is 528. The summed E-state index contributed by atoms with van der Waals surface area (Å²) in [6, 6.07) is 1.25. The SMILES string of the molecule is C=Cc1cc(N)c(NCC2(O)CCC2)c(C(F)F)c1F. The van der Waals surface area contributed by atoms with Crippen LogP contribution in [0.2, 0.25) is 0 Å². The lowest BCUT2D eigenvalue weighted by Gasteiger charge is -2.37. The smallest absolute Gasteiger partial charge is 0.268 e. The van der Waals surface area contributed by atoms with Crippen molar-refractivity contribution in [3.63, 3.8) is 0 Å². The van der Waals surface area contributed by atoms with Crippen molar-refractivity contribution in [3.05, 3.63) is 29.6 Å². The van der Waals surface area contributed by atoms with Gasteiger partial charge in [0.25, 0.3) is 6.43 Å². The molecule has 3 nitrogen and oxygen atoms in total. The first-order valence-electron chi connectivity index (χ1n) is 6.36.